The van der Waals surface area contributed by atoms with Crippen molar-refractivity contribution in [3.05, 3.63) is 29.6 Å². The van der Waals surface area contributed by atoms with Gasteiger partial charge in [-0.3, -0.25) is 0 Å². The Kier molecular flexibility index (Phi) is 5.25. The normalized spacial score (nSPS) is 12.5. The number of carbonyl (C=O) groups excluding carboxylic acids is 1. The van der Waals surface area contributed by atoms with Crippen LogP contribution in [0.2, 0.25) is 0 Å². The summed E-state index contributed by atoms with van der Waals surface area (Å²) in [6.07, 6.45) is 1.03. The molecule has 1 aromatic carbocycles. The second kappa shape index (κ2) is 6.53. The number of hydrogen-bond acceptors (Lipinski definition) is 4. The van der Waals surface area contributed by atoms with Gasteiger partial charge in [-0.15, -0.1) is 0 Å². The summed E-state index contributed by atoms with van der Waals surface area (Å²) in [6, 6.07) is 1.45. The van der Waals surface area contributed by atoms with Crippen molar-refractivity contribution in [3.63, 3.8) is 0 Å². The molecule has 116 valence electrons. The third kappa shape index (κ3) is 5.78. The smallest absolute Gasteiger partial charge is 0.337 e. The molecule has 0 aliphatic carbocycles. The SMILES string of the molecule is CC(CS(C)(=O)=O)NC(=O)Nc1ccc(F)cc1C(=O)O. The number of hydrogen-bond donors (Lipinski definition) is 3. The van der Waals surface area contributed by atoms with Crippen LogP contribution in [0.3, 0.4) is 0 Å². The van der Waals surface area contributed by atoms with Gasteiger partial charge in [0.25, 0.3) is 0 Å². The molecule has 1 unspecified atom stereocenters. The first-order valence-electron chi connectivity index (χ1n) is 5.86. The number of carboxylic acid groups (broad SMARTS) is 1. The largest absolute Gasteiger partial charge is 0.478 e. The molecule has 21 heavy (non-hydrogen) atoms. The molecule has 1 atom stereocenters. The molecule has 2 amide bonds. The van der Waals surface area contributed by atoms with Gasteiger partial charge < -0.3 is 15.7 Å². The van der Waals surface area contributed by atoms with Gasteiger partial charge in [0, 0.05) is 12.3 Å². The number of carbonyl (C=O) groups is 2. The minimum atomic E-state index is -3.26. The summed E-state index contributed by atoms with van der Waals surface area (Å²) in [7, 11) is -3.26. The number of urea groups is 1. The summed E-state index contributed by atoms with van der Waals surface area (Å²) in [5, 5.41) is 13.5. The molecule has 0 saturated carbocycles. The highest BCUT2D eigenvalue weighted by Gasteiger charge is 2.16. The number of sulfone groups is 1. The molecule has 9 heteroatoms. The van der Waals surface area contributed by atoms with Crippen LogP contribution in [0, 0.1) is 5.82 Å². The molecule has 0 aliphatic rings. The van der Waals surface area contributed by atoms with Crippen molar-refractivity contribution in [2.24, 2.45) is 0 Å². The Morgan fingerprint density at radius 1 is 1.38 bits per heavy atom. The van der Waals surface area contributed by atoms with Crippen LogP contribution in [0.1, 0.15) is 17.3 Å². The lowest BCUT2D eigenvalue weighted by Gasteiger charge is -2.14. The maximum absolute atomic E-state index is 13.0. The van der Waals surface area contributed by atoms with Crippen molar-refractivity contribution in [2.45, 2.75) is 13.0 Å². The molecule has 1 rings (SSSR count). The fraction of sp³-hybridized carbons (Fsp3) is 0.333. The predicted octanol–water partition coefficient (Wildman–Crippen LogP) is 1.08. The molecular weight excluding hydrogens is 303 g/mol. The van der Waals surface area contributed by atoms with Crippen molar-refractivity contribution in [2.75, 3.05) is 17.3 Å². The van der Waals surface area contributed by atoms with E-state index in [2.05, 4.69) is 10.6 Å². The number of nitrogens with one attached hydrogen (secondary N) is 2. The molecular formula is C12H15FN2O5S. The first-order chi connectivity index (χ1) is 9.58. The fourth-order valence-electron chi connectivity index (χ4n) is 1.68. The minimum absolute atomic E-state index is 0.0899. The van der Waals surface area contributed by atoms with Crippen LogP contribution in [0.5, 0.6) is 0 Å². The van der Waals surface area contributed by atoms with Crippen LogP contribution in [0.15, 0.2) is 18.2 Å². The van der Waals surface area contributed by atoms with Gasteiger partial charge in [0.2, 0.25) is 0 Å². The predicted molar refractivity (Wildman–Crippen MR) is 74.7 cm³/mol. The third-order valence-corrected chi connectivity index (χ3v) is 3.50. The van der Waals surface area contributed by atoms with E-state index in [1.807, 2.05) is 0 Å². The lowest BCUT2D eigenvalue weighted by Crippen LogP contribution is -2.40. The van der Waals surface area contributed by atoms with Crippen LogP contribution in [-0.4, -0.2) is 43.6 Å². The Hall–Kier alpha value is -2.16. The van der Waals surface area contributed by atoms with Gasteiger partial charge in [-0.25, -0.2) is 22.4 Å². The maximum Gasteiger partial charge on any atom is 0.337 e. The molecule has 0 saturated heterocycles. The van der Waals surface area contributed by atoms with Gasteiger partial charge in [0.1, 0.15) is 15.7 Å². The second-order valence-corrected chi connectivity index (χ2v) is 6.77. The standard InChI is InChI=1S/C12H15FN2O5S/c1-7(6-21(2,19)20)14-12(18)15-10-4-3-8(13)5-9(10)11(16)17/h3-5,7H,6H2,1-2H3,(H,16,17)(H2,14,15,18). The average Bonchev–Trinajstić information content (AvgIpc) is 2.28. The topological polar surface area (TPSA) is 113 Å². The number of rotatable bonds is 5. The molecule has 0 spiro atoms. The van der Waals surface area contributed by atoms with Crippen molar-refractivity contribution in [1.29, 1.82) is 0 Å². The highest BCUT2D eigenvalue weighted by molar-refractivity contribution is 7.90. The summed E-state index contributed by atoms with van der Waals surface area (Å²) in [5.74, 6) is -2.40. The van der Waals surface area contributed by atoms with E-state index in [0.717, 1.165) is 24.5 Å². The molecule has 0 radical (unpaired) electrons. The maximum atomic E-state index is 13.0. The fourth-order valence-corrected chi connectivity index (χ4v) is 2.67. The van der Waals surface area contributed by atoms with Crippen LogP contribution in [-0.2, 0) is 9.84 Å². The van der Waals surface area contributed by atoms with Gasteiger partial charge in [-0.05, 0) is 25.1 Å². The second-order valence-electron chi connectivity index (χ2n) is 4.59. The van der Waals surface area contributed by atoms with Crippen molar-refractivity contribution in [3.8, 4) is 0 Å². The number of aromatic carboxylic acids is 1. The van der Waals surface area contributed by atoms with E-state index in [4.69, 9.17) is 5.11 Å². The van der Waals surface area contributed by atoms with E-state index < -0.39 is 39.3 Å². The van der Waals surface area contributed by atoms with E-state index >= 15 is 0 Å². The Balaban J connectivity index is 2.78. The molecule has 0 bridgehead atoms. The lowest BCUT2D eigenvalue weighted by molar-refractivity contribution is 0.0697. The van der Waals surface area contributed by atoms with E-state index in [9.17, 15) is 22.4 Å². The summed E-state index contributed by atoms with van der Waals surface area (Å²) in [6.45, 7) is 1.49. The number of halogens is 1. The van der Waals surface area contributed by atoms with Crippen molar-refractivity contribution < 1.29 is 27.5 Å². The highest BCUT2D eigenvalue weighted by atomic mass is 32.2. The first-order valence-corrected chi connectivity index (χ1v) is 7.92. The Morgan fingerprint density at radius 2 is 2.00 bits per heavy atom. The zero-order valence-corrected chi connectivity index (χ0v) is 12.2. The zero-order valence-electron chi connectivity index (χ0n) is 11.4. The first kappa shape index (κ1) is 16.9. The molecule has 0 fully saturated rings. The third-order valence-electron chi connectivity index (χ3n) is 2.39. The number of amides is 2. The summed E-state index contributed by atoms with van der Waals surface area (Å²) < 4.78 is 35.1. The number of benzene rings is 1. The van der Waals surface area contributed by atoms with Crippen LogP contribution < -0.4 is 10.6 Å². The highest BCUT2D eigenvalue weighted by Crippen LogP contribution is 2.17. The van der Waals surface area contributed by atoms with E-state index in [0.29, 0.717) is 0 Å². The van der Waals surface area contributed by atoms with E-state index in [-0.39, 0.29) is 11.4 Å². The van der Waals surface area contributed by atoms with Gasteiger partial charge in [0.05, 0.1) is 17.0 Å². The summed E-state index contributed by atoms with van der Waals surface area (Å²) in [4.78, 5) is 22.6. The lowest BCUT2D eigenvalue weighted by atomic mass is 10.1. The molecule has 0 aromatic heterocycles. The van der Waals surface area contributed by atoms with Gasteiger partial charge >= 0.3 is 12.0 Å². The van der Waals surface area contributed by atoms with Crippen molar-refractivity contribution >= 4 is 27.5 Å². The van der Waals surface area contributed by atoms with E-state index in [1.165, 1.54) is 6.92 Å². The molecule has 3 N–H and O–H groups in total. The summed E-state index contributed by atoms with van der Waals surface area (Å²) >= 11 is 0. The summed E-state index contributed by atoms with van der Waals surface area (Å²) in [5.41, 5.74) is -0.492. The zero-order chi connectivity index (χ0) is 16.2. The Bertz CT molecular complexity index is 660. The van der Waals surface area contributed by atoms with Gasteiger partial charge in [-0.1, -0.05) is 0 Å². The Labute approximate surface area is 121 Å². The van der Waals surface area contributed by atoms with Crippen LogP contribution in [0.4, 0.5) is 14.9 Å². The minimum Gasteiger partial charge on any atom is -0.478 e. The van der Waals surface area contributed by atoms with Crippen LogP contribution in [0.25, 0.3) is 0 Å². The molecule has 7 nitrogen and oxygen atoms in total. The molecule has 1 aromatic rings. The quantitative estimate of drug-likeness (QED) is 0.752. The number of anilines is 1. The van der Waals surface area contributed by atoms with Gasteiger partial charge in [0.15, 0.2) is 0 Å². The molecule has 0 heterocycles. The molecule has 0 aliphatic heterocycles. The average molecular weight is 318 g/mol. The monoisotopic (exact) mass is 318 g/mol. The Morgan fingerprint density at radius 3 is 2.52 bits per heavy atom. The van der Waals surface area contributed by atoms with E-state index in [1.54, 1.807) is 0 Å². The van der Waals surface area contributed by atoms with Gasteiger partial charge in [-0.2, -0.15) is 0 Å². The number of carboxylic acids is 1. The van der Waals surface area contributed by atoms with Crippen LogP contribution >= 0.6 is 0 Å². The van der Waals surface area contributed by atoms with Crippen molar-refractivity contribution in [1.82, 2.24) is 5.32 Å².